The molecule has 22 heavy (non-hydrogen) atoms. The van der Waals surface area contributed by atoms with Crippen LogP contribution < -0.4 is 16.4 Å². The molecule has 1 heterocycles. The van der Waals surface area contributed by atoms with Crippen LogP contribution in [0.1, 0.15) is 33.1 Å². The first kappa shape index (κ1) is 17.9. The SMILES string of the molecule is CC(C)C[C@H](OC(N)=O)C(=O)N[C@H](C=O)C[C@@H]1CCNC1=O. The topological polar surface area (TPSA) is 128 Å². The summed E-state index contributed by atoms with van der Waals surface area (Å²) in [4.78, 5) is 45.6. The molecule has 0 bridgehead atoms. The lowest BCUT2D eigenvalue weighted by Gasteiger charge is -2.21. The maximum Gasteiger partial charge on any atom is 0.405 e. The number of carbonyl (C=O) groups is 4. The Kier molecular flexibility index (Phi) is 6.81. The second-order valence-corrected chi connectivity index (χ2v) is 5.82. The molecule has 0 unspecified atom stereocenters. The number of aldehydes is 1. The molecule has 3 amide bonds. The van der Waals surface area contributed by atoms with Crippen molar-refractivity contribution in [3.8, 4) is 0 Å². The first-order valence-corrected chi connectivity index (χ1v) is 7.33. The minimum absolute atomic E-state index is 0.102. The van der Waals surface area contributed by atoms with Crippen molar-refractivity contribution in [2.45, 2.75) is 45.3 Å². The van der Waals surface area contributed by atoms with E-state index in [9.17, 15) is 19.2 Å². The number of primary amides is 1. The number of amides is 3. The van der Waals surface area contributed by atoms with Crippen LogP contribution in [0.5, 0.6) is 0 Å². The lowest BCUT2D eigenvalue weighted by atomic mass is 9.98. The summed E-state index contributed by atoms with van der Waals surface area (Å²) in [6.45, 7) is 4.30. The third-order valence-electron chi connectivity index (χ3n) is 3.43. The second-order valence-electron chi connectivity index (χ2n) is 5.82. The van der Waals surface area contributed by atoms with Crippen molar-refractivity contribution in [2.75, 3.05) is 6.54 Å². The summed E-state index contributed by atoms with van der Waals surface area (Å²) < 4.78 is 4.79. The number of hydrogen-bond acceptors (Lipinski definition) is 5. The smallest absolute Gasteiger partial charge is 0.405 e. The molecule has 0 spiro atoms. The molecule has 8 nitrogen and oxygen atoms in total. The molecule has 1 aliphatic rings. The van der Waals surface area contributed by atoms with Crippen LogP contribution in [0.15, 0.2) is 0 Å². The van der Waals surface area contributed by atoms with Gasteiger partial charge in [0.1, 0.15) is 6.29 Å². The molecule has 0 aromatic heterocycles. The standard InChI is InChI=1S/C14H23N3O5/c1-8(2)5-11(22-14(15)21)13(20)17-10(7-18)6-9-3-4-16-12(9)19/h7-11H,3-6H2,1-2H3,(H2,15,21)(H,16,19)(H,17,20)/t9-,10-,11-/m0/s1. The van der Waals surface area contributed by atoms with Gasteiger partial charge in [-0.15, -0.1) is 0 Å². The predicted molar refractivity (Wildman–Crippen MR) is 77.6 cm³/mol. The third-order valence-corrected chi connectivity index (χ3v) is 3.43. The van der Waals surface area contributed by atoms with E-state index in [-0.39, 0.29) is 24.2 Å². The van der Waals surface area contributed by atoms with Crippen LogP contribution in [0.25, 0.3) is 0 Å². The van der Waals surface area contributed by atoms with E-state index in [0.29, 0.717) is 25.7 Å². The Hall–Kier alpha value is -2.12. The van der Waals surface area contributed by atoms with Gasteiger partial charge in [0.2, 0.25) is 5.91 Å². The van der Waals surface area contributed by atoms with Gasteiger partial charge in [0, 0.05) is 12.5 Å². The monoisotopic (exact) mass is 313 g/mol. The molecule has 0 aliphatic carbocycles. The van der Waals surface area contributed by atoms with Crippen molar-refractivity contribution in [2.24, 2.45) is 17.6 Å². The Labute approximate surface area is 129 Å². The fraction of sp³-hybridized carbons (Fsp3) is 0.714. The van der Waals surface area contributed by atoms with E-state index in [2.05, 4.69) is 10.6 Å². The third kappa shape index (κ3) is 5.71. The van der Waals surface area contributed by atoms with Gasteiger partial charge in [0.15, 0.2) is 6.10 Å². The predicted octanol–water partition coefficient (Wildman–Crippen LogP) is -0.294. The van der Waals surface area contributed by atoms with Gasteiger partial charge in [-0.2, -0.15) is 0 Å². The van der Waals surface area contributed by atoms with Gasteiger partial charge in [0.05, 0.1) is 6.04 Å². The van der Waals surface area contributed by atoms with Crippen LogP contribution in [-0.2, 0) is 19.1 Å². The minimum Gasteiger partial charge on any atom is -0.436 e. The summed E-state index contributed by atoms with van der Waals surface area (Å²) in [6, 6.07) is -0.799. The summed E-state index contributed by atoms with van der Waals surface area (Å²) in [7, 11) is 0. The average molecular weight is 313 g/mol. The zero-order valence-corrected chi connectivity index (χ0v) is 12.8. The molecule has 1 fully saturated rings. The Balaban J connectivity index is 2.61. The number of nitrogens with two attached hydrogens (primary N) is 1. The summed E-state index contributed by atoms with van der Waals surface area (Å²) >= 11 is 0. The van der Waals surface area contributed by atoms with Crippen molar-refractivity contribution in [3.63, 3.8) is 0 Å². The summed E-state index contributed by atoms with van der Waals surface area (Å²) in [5.74, 6) is -0.891. The van der Waals surface area contributed by atoms with E-state index in [4.69, 9.17) is 10.5 Å². The van der Waals surface area contributed by atoms with E-state index in [1.165, 1.54) is 0 Å². The first-order chi connectivity index (χ1) is 10.3. The largest absolute Gasteiger partial charge is 0.436 e. The quantitative estimate of drug-likeness (QED) is 0.530. The van der Waals surface area contributed by atoms with Gasteiger partial charge >= 0.3 is 6.09 Å². The zero-order valence-electron chi connectivity index (χ0n) is 12.8. The van der Waals surface area contributed by atoms with Crippen molar-refractivity contribution >= 4 is 24.2 Å². The van der Waals surface area contributed by atoms with E-state index in [1.54, 1.807) is 0 Å². The molecule has 124 valence electrons. The molecule has 1 saturated heterocycles. The highest BCUT2D eigenvalue weighted by Gasteiger charge is 2.30. The van der Waals surface area contributed by atoms with Gasteiger partial charge in [-0.05, 0) is 25.2 Å². The molecule has 8 heteroatoms. The van der Waals surface area contributed by atoms with E-state index >= 15 is 0 Å². The van der Waals surface area contributed by atoms with E-state index < -0.39 is 24.1 Å². The highest BCUT2D eigenvalue weighted by Crippen LogP contribution is 2.16. The molecule has 4 N–H and O–H groups in total. The minimum atomic E-state index is -1.04. The Morgan fingerprint density at radius 1 is 1.50 bits per heavy atom. The highest BCUT2D eigenvalue weighted by molar-refractivity contribution is 5.86. The first-order valence-electron chi connectivity index (χ1n) is 7.33. The van der Waals surface area contributed by atoms with Crippen LogP contribution in [0, 0.1) is 11.8 Å². The van der Waals surface area contributed by atoms with Crippen molar-refractivity contribution < 1.29 is 23.9 Å². The summed E-state index contributed by atoms with van der Waals surface area (Å²) in [5, 5.41) is 5.18. The fourth-order valence-electron chi connectivity index (χ4n) is 2.38. The van der Waals surface area contributed by atoms with Crippen LogP contribution in [0.4, 0.5) is 4.79 Å². The Bertz CT molecular complexity index is 438. The number of rotatable bonds is 8. The van der Waals surface area contributed by atoms with E-state index in [1.807, 2.05) is 13.8 Å². The van der Waals surface area contributed by atoms with Crippen LogP contribution in [-0.4, -0.2) is 42.9 Å². The number of nitrogens with one attached hydrogen (secondary N) is 2. The number of ether oxygens (including phenoxy) is 1. The second kappa shape index (κ2) is 8.35. The highest BCUT2D eigenvalue weighted by atomic mass is 16.6. The van der Waals surface area contributed by atoms with Crippen LogP contribution in [0.2, 0.25) is 0 Å². The van der Waals surface area contributed by atoms with Crippen LogP contribution in [0.3, 0.4) is 0 Å². The molecule has 0 aromatic carbocycles. The molecular weight excluding hydrogens is 290 g/mol. The molecule has 1 rings (SSSR count). The summed E-state index contributed by atoms with van der Waals surface area (Å²) in [5.41, 5.74) is 4.96. The maximum absolute atomic E-state index is 12.1. The van der Waals surface area contributed by atoms with Crippen molar-refractivity contribution in [1.29, 1.82) is 0 Å². The number of carbonyl (C=O) groups excluding carboxylic acids is 4. The molecule has 0 aromatic rings. The van der Waals surface area contributed by atoms with Crippen molar-refractivity contribution in [1.82, 2.24) is 10.6 Å². The normalized spacial score (nSPS) is 20.1. The zero-order chi connectivity index (χ0) is 16.7. The molecular formula is C14H23N3O5. The van der Waals surface area contributed by atoms with Gasteiger partial charge in [-0.1, -0.05) is 13.8 Å². The van der Waals surface area contributed by atoms with Gasteiger partial charge in [0.25, 0.3) is 5.91 Å². The Morgan fingerprint density at radius 2 is 2.18 bits per heavy atom. The number of hydrogen-bond donors (Lipinski definition) is 3. The average Bonchev–Trinajstić information content (AvgIpc) is 2.81. The lowest BCUT2D eigenvalue weighted by Crippen LogP contribution is -2.46. The Morgan fingerprint density at radius 3 is 2.64 bits per heavy atom. The van der Waals surface area contributed by atoms with Gasteiger partial charge in [-0.3, -0.25) is 9.59 Å². The maximum atomic E-state index is 12.1. The van der Waals surface area contributed by atoms with Gasteiger partial charge < -0.3 is 25.9 Å². The lowest BCUT2D eigenvalue weighted by molar-refractivity contribution is -0.133. The molecule has 0 saturated carbocycles. The van der Waals surface area contributed by atoms with Crippen LogP contribution >= 0.6 is 0 Å². The summed E-state index contributed by atoms with van der Waals surface area (Å²) in [6.07, 6.45) is -0.348. The molecule has 3 atom stereocenters. The van der Waals surface area contributed by atoms with Gasteiger partial charge in [-0.25, -0.2) is 4.79 Å². The fourth-order valence-corrected chi connectivity index (χ4v) is 2.38. The molecule has 1 aliphatic heterocycles. The molecule has 0 radical (unpaired) electrons. The van der Waals surface area contributed by atoms with Crippen molar-refractivity contribution in [3.05, 3.63) is 0 Å². The van der Waals surface area contributed by atoms with E-state index in [0.717, 1.165) is 0 Å².